The molecule has 17 heteroatoms. The van der Waals surface area contributed by atoms with E-state index in [9.17, 15) is 43.8 Å². The van der Waals surface area contributed by atoms with Gasteiger partial charge in [0.1, 0.15) is 31.5 Å². The fourth-order valence-corrected chi connectivity index (χ4v) is 6.84. The zero-order valence-electron chi connectivity index (χ0n) is 38.4. The summed E-state index contributed by atoms with van der Waals surface area (Å²) in [6, 6.07) is 0. The molecule has 0 fully saturated rings. The van der Waals surface area contributed by atoms with Crippen molar-refractivity contribution in [2.24, 2.45) is 0 Å². The Balaban J connectivity index is 3.98. The fourth-order valence-electron chi connectivity index (χ4n) is 5.25. The van der Waals surface area contributed by atoms with Gasteiger partial charge in [-0.2, -0.15) is 0 Å². The van der Waals surface area contributed by atoms with Crippen molar-refractivity contribution in [1.29, 1.82) is 0 Å². The number of aliphatic hydroxyl groups excluding tert-OH is 3. The van der Waals surface area contributed by atoms with Gasteiger partial charge in [-0.15, -0.1) is 0 Å². The Morgan fingerprint density at radius 1 is 0.422 bits per heavy atom. The van der Waals surface area contributed by atoms with E-state index < -0.39 is 85.5 Å². The first-order valence-corrected chi connectivity index (χ1v) is 25.9. The normalized spacial score (nSPS) is 15.9. The zero-order chi connectivity index (χ0) is 47.4. The van der Waals surface area contributed by atoms with Crippen LogP contribution in [0.1, 0.15) is 142 Å². The first-order valence-electron chi connectivity index (χ1n) is 22.9. The van der Waals surface area contributed by atoms with Crippen molar-refractivity contribution in [3.8, 4) is 0 Å². The molecule has 0 aromatic heterocycles. The summed E-state index contributed by atoms with van der Waals surface area (Å²) >= 11 is 0. The van der Waals surface area contributed by atoms with Gasteiger partial charge in [0.15, 0.2) is 0 Å². The molecule has 0 heterocycles. The highest BCUT2D eigenvalue weighted by molar-refractivity contribution is 7.47. The van der Waals surface area contributed by atoms with Gasteiger partial charge in [0.25, 0.3) is 0 Å². The van der Waals surface area contributed by atoms with Gasteiger partial charge in [0.2, 0.25) is 0 Å². The number of carbonyl (C=O) groups is 2. The zero-order valence-corrected chi connectivity index (χ0v) is 40.2. The van der Waals surface area contributed by atoms with Crippen molar-refractivity contribution in [2.45, 2.75) is 161 Å². The highest BCUT2D eigenvalue weighted by Crippen LogP contribution is 2.45. The van der Waals surface area contributed by atoms with E-state index in [0.717, 1.165) is 89.9 Å². The summed E-state index contributed by atoms with van der Waals surface area (Å²) < 4.78 is 52.8. The standard InChI is InChI=1S/C47H80O15P2/c1-3-5-7-9-11-13-15-16-17-18-19-20-21-22-23-24-26-28-30-32-34-36-47(52)58-38-44(49)40-60-64(55,56)62-42-45(50)41-61-63(53,54)59-39-43(48)37-57-46(51)35-33-31-29-27-25-14-12-10-8-6-4-2/h5,7,10-13,16-17,19-20,22-23,26,28,43-45,48-50H,3-4,6,8-9,14-15,18,21,24-25,27,29-42H2,1-2H3,(H,53,54)(H,55,56)/b7-5-,12-10-,13-11-,17-16-,20-19-,23-22-,28-26-. The molecule has 0 aliphatic rings. The van der Waals surface area contributed by atoms with Crippen LogP contribution in [0, 0.1) is 0 Å². The summed E-state index contributed by atoms with van der Waals surface area (Å²) in [5, 5.41) is 30.0. The van der Waals surface area contributed by atoms with Crippen molar-refractivity contribution in [1.82, 2.24) is 0 Å². The molecule has 0 aromatic carbocycles. The Kier molecular flexibility index (Phi) is 41.0. The fraction of sp³-hybridized carbons (Fsp3) is 0.660. The largest absolute Gasteiger partial charge is 0.472 e. The Labute approximate surface area is 383 Å². The second-order valence-electron chi connectivity index (χ2n) is 15.0. The Morgan fingerprint density at radius 3 is 1.12 bits per heavy atom. The predicted octanol–water partition coefficient (Wildman–Crippen LogP) is 10.2. The Bertz CT molecular complexity index is 1470. The summed E-state index contributed by atoms with van der Waals surface area (Å²) in [7, 11) is -9.59. The molecule has 0 aromatic rings. The number of esters is 2. The number of hydrogen-bond acceptors (Lipinski definition) is 13. The average molecular weight is 947 g/mol. The molecule has 5 N–H and O–H groups in total. The van der Waals surface area contributed by atoms with Crippen molar-refractivity contribution in [2.75, 3.05) is 39.6 Å². The lowest BCUT2D eigenvalue weighted by atomic mass is 10.1. The number of phosphoric ester groups is 2. The van der Waals surface area contributed by atoms with E-state index in [1.165, 1.54) is 12.8 Å². The Hall–Kier alpha value is -2.78. The lowest BCUT2D eigenvalue weighted by molar-refractivity contribution is -0.148. The van der Waals surface area contributed by atoms with Gasteiger partial charge in [-0.05, 0) is 83.5 Å². The minimum absolute atomic E-state index is 0.137. The predicted molar refractivity (Wildman–Crippen MR) is 251 cm³/mol. The van der Waals surface area contributed by atoms with Crippen molar-refractivity contribution in [3.05, 3.63) is 85.1 Å². The highest BCUT2D eigenvalue weighted by atomic mass is 31.2. The minimum atomic E-state index is -4.80. The number of unbranched alkanes of at least 4 members (excludes halogenated alkanes) is 9. The van der Waals surface area contributed by atoms with Crippen LogP contribution in [-0.4, -0.2) is 95.0 Å². The molecule has 64 heavy (non-hydrogen) atoms. The van der Waals surface area contributed by atoms with Crippen molar-refractivity contribution in [3.63, 3.8) is 0 Å². The number of ether oxygens (including phenoxy) is 2. The van der Waals surface area contributed by atoms with Crippen LogP contribution in [-0.2, 0) is 46.3 Å². The van der Waals surface area contributed by atoms with Crippen LogP contribution < -0.4 is 0 Å². The van der Waals surface area contributed by atoms with Crippen molar-refractivity contribution >= 4 is 27.6 Å². The molecular weight excluding hydrogens is 866 g/mol. The number of hydrogen-bond donors (Lipinski definition) is 5. The third kappa shape index (κ3) is 44.4. The van der Waals surface area contributed by atoms with Gasteiger partial charge in [-0.3, -0.25) is 27.7 Å². The van der Waals surface area contributed by atoms with Crippen LogP contribution in [0.5, 0.6) is 0 Å². The molecule has 0 spiro atoms. The molecule has 0 saturated carbocycles. The maximum atomic E-state index is 12.1. The van der Waals surface area contributed by atoms with E-state index in [0.29, 0.717) is 12.8 Å². The molecular formula is C47H80O15P2. The van der Waals surface area contributed by atoms with E-state index in [-0.39, 0.29) is 12.8 Å². The molecule has 0 bridgehead atoms. The maximum absolute atomic E-state index is 12.1. The van der Waals surface area contributed by atoms with Crippen LogP contribution >= 0.6 is 15.6 Å². The number of rotatable bonds is 43. The summed E-state index contributed by atoms with van der Waals surface area (Å²) in [6.45, 7) is 0.166. The Morgan fingerprint density at radius 2 is 0.719 bits per heavy atom. The average Bonchev–Trinajstić information content (AvgIpc) is 3.27. The van der Waals surface area contributed by atoms with Gasteiger partial charge in [-0.1, -0.05) is 131 Å². The van der Waals surface area contributed by atoms with Gasteiger partial charge in [-0.25, -0.2) is 9.13 Å². The third-order valence-electron chi connectivity index (χ3n) is 8.83. The molecule has 0 aliphatic heterocycles. The topological polar surface area (TPSA) is 225 Å². The van der Waals surface area contributed by atoms with E-state index >= 15 is 0 Å². The molecule has 15 nitrogen and oxygen atoms in total. The maximum Gasteiger partial charge on any atom is 0.472 e. The first kappa shape index (κ1) is 61.2. The number of aliphatic hydroxyl groups is 3. The molecule has 5 unspecified atom stereocenters. The van der Waals surface area contributed by atoms with Crippen LogP contribution in [0.3, 0.4) is 0 Å². The summed E-state index contributed by atoms with van der Waals surface area (Å²) in [6.07, 6.45) is 43.0. The number of allylic oxidation sites excluding steroid dienone is 14. The van der Waals surface area contributed by atoms with Gasteiger partial charge < -0.3 is 34.6 Å². The summed E-state index contributed by atoms with van der Waals surface area (Å²) in [5.74, 6) is -1.05. The van der Waals surface area contributed by atoms with Gasteiger partial charge in [0, 0.05) is 12.8 Å². The summed E-state index contributed by atoms with van der Waals surface area (Å²) in [4.78, 5) is 43.6. The third-order valence-corrected chi connectivity index (χ3v) is 10.7. The molecule has 0 saturated heterocycles. The monoisotopic (exact) mass is 946 g/mol. The van der Waals surface area contributed by atoms with Gasteiger partial charge in [0.05, 0.1) is 26.4 Å². The van der Waals surface area contributed by atoms with E-state index in [4.69, 9.17) is 9.47 Å². The second kappa shape index (κ2) is 42.8. The molecule has 0 aliphatic carbocycles. The van der Waals surface area contributed by atoms with E-state index in [1.54, 1.807) is 0 Å². The molecule has 0 rings (SSSR count). The van der Waals surface area contributed by atoms with E-state index in [2.05, 4.69) is 117 Å². The molecule has 0 radical (unpaired) electrons. The van der Waals surface area contributed by atoms with Gasteiger partial charge >= 0.3 is 27.6 Å². The summed E-state index contributed by atoms with van der Waals surface area (Å²) in [5.41, 5.74) is 0. The lowest BCUT2D eigenvalue weighted by Crippen LogP contribution is -2.25. The number of phosphoric acid groups is 2. The molecule has 368 valence electrons. The first-order chi connectivity index (χ1) is 30.8. The van der Waals surface area contributed by atoms with Crippen LogP contribution in [0.25, 0.3) is 0 Å². The van der Waals surface area contributed by atoms with E-state index in [1.807, 2.05) is 0 Å². The second-order valence-corrected chi connectivity index (χ2v) is 17.9. The van der Waals surface area contributed by atoms with Crippen LogP contribution in [0.4, 0.5) is 0 Å². The lowest BCUT2D eigenvalue weighted by Gasteiger charge is -2.19. The van der Waals surface area contributed by atoms with Crippen molar-refractivity contribution < 1.29 is 71.4 Å². The molecule has 0 amide bonds. The minimum Gasteiger partial charge on any atom is -0.463 e. The SMILES string of the molecule is CC/C=C\C/C=C\C/C=C\C/C=C\C/C=C\C/C=C\CCCCC(=O)OCC(O)COP(=O)(O)OCC(O)COP(=O)(O)OCC(O)COC(=O)CCCCCCC/C=C\CCCC. The van der Waals surface area contributed by atoms with Crippen LogP contribution in [0.2, 0.25) is 0 Å². The quantitative estimate of drug-likeness (QED) is 0.0166. The smallest absolute Gasteiger partial charge is 0.463 e. The number of carbonyl (C=O) groups excluding carboxylic acids is 2. The molecule has 5 atom stereocenters. The van der Waals surface area contributed by atoms with Crippen LogP contribution in [0.15, 0.2) is 85.1 Å². The highest BCUT2D eigenvalue weighted by Gasteiger charge is 2.28.